The average Bonchev–Trinajstić information content (AvgIpc) is 3.07. The molecule has 1 aliphatic rings. The lowest BCUT2D eigenvalue weighted by molar-refractivity contribution is -0.385. The van der Waals surface area contributed by atoms with E-state index in [1.807, 2.05) is 28.7 Å². The molecule has 1 fully saturated rings. The third kappa shape index (κ3) is 2.88. The van der Waals surface area contributed by atoms with E-state index in [9.17, 15) is 10.1 Å². The van der Waals surface area contributed by atoms with E-state index < -0.39 is 0 Å². The zero-order chi connectivity index (χ0) is 12.5. The van der Waals surface area contributed by atoms with Gasteiger partial charge in [-0.05, 0) is 59.4 Å². The number of halogens is 1. The van der Waals surface area contributed by atoms with Gasteiger partial charge in [0.15, 0.2) is 0 Å². The highest BCUT2D eigenvalue weighted by atomic mass is 127. The molecule has 0 aromatic heterocycles. The molecule has 4 nitrogen and oxygen atoms in total. The molecule has 1 aromatic carbocycles. The van der Waals surface area contributed by atoms with E-state index in [1.165, 1.54) is 19.3 Å². The third-order valence-corrected chi connectivity index (χ3v) is 4.38. The minimum Gasteiger partial charge on any atom is -0.384 e. The molecule has 0 unspecified atom stereocenters. The lowest BCUT2D eigenvalue weighted by atomic mass is 10.0. The number of hydrogen-bond acceptors (Lipinski definition) is 3. The van der Waals surface area contributed by atoms with E-state index in [1.54, 1.807) is 12.1 Å². The van der Waals surface area contributed by atoms with E-state index in [4.69, 9.17) is 0 Å². The Morgan fingerprint density at radius 1 is 1.53 bits per heavy atom. The van der Waals surface area contributed by atoms with Crippen molar-refractivity contribution in [1.29, 1.82) is 0 Å². The Balaban J connectivity index is 2.03. The number of rotatable bonds is 5. The third-order valence-electron chi connectivity index (χ3n) is 3.52. The molecular weight excluding hydrogens is 331 g/mol. The first-order chi connectivity index (χ1) is 8.06. The predicted molar refractivity (Wildman–Crippen MR) is 76.3 cm³/mol. The first-order valence-electron chi connectivity index (χ1n) is 5.74. The minimum absolute atomic E-state index is 0.174. The zero-order valence-corrected chi connectivity index (χ0v) is 11.9. The lowest BCUT2D eigenvalue weighted by Gasteiger charge is -2.14. The van der Waals surface area contributed by atoms with Crippen LogP contribution in [0.3, 0.4) is 0 Å². The van der Waals surface area contributed by atoms with Crippen LogP contribution >= 0.6 is 22.6 Å². The topological polar surface area (TPSA) is 55.2 Å². The summed E-state index contributed by atoms with van der Waals surface area (Å²) < 4.78 is 0.680. The van der Waals surface area contributed by atoms with Crippen molar-refractivity contribution in [3.8, 4) is 0 Å². The zero-order valence-electron chi connectivity index (χ0n) is 9.70. The molecule has 5 heteroatoms. The van der Waals surface area contributed by atoms with Gasteiger partial charge in [0.2, 0.25) is 0 Å². The van der Waals surface area contributed by atoms with Crippen molar-refractivity contribution in [3.05, 3.63) is 31.9 Å². The maximum Gasteiger partial charge on any atom is 0.282 e. The first-order valence-corrected chi connectivity index (χ1v) is 6.82. The van der Waals surface area contributed by atoms with Gasteiger partial charge in [-0.3, -0.25) is 10.1 Å². The molecule has 1 aromatic rings. The minimum atomic E-state index is -0.347. The van der Waals surface area contributed by atoms with Gasteiger partial charge in [-0.15, -0.1) is 0 Å². The first kappa shape index (κ1) is 12.6. The second-order valence-electron chi connectivity index (χ2n) is 4.63. The van der Waals surface area contributed by atoms with Crippen LogP contribution in [-0.4, -0.2) is 11.5 Å². The Morgan fingerprint density at radius 3 is 2.71 bits per heavy atom. The highest BCUT2D eigenvalue weighted by Crippen LogP contribution is 2.48. The molecular formula is C12H15IN2O2. The molecule has 0 spiro atoms. The SMILES string of the molecule is CCC1(CNc2ccc([N+](=O)[O-])c(I)c2)CC1. The van der Waals surface area contributed by atoms with E-state index in [0.29, 0.717) is 8.99 Å². The molecule has 2 rings (SSSR count). The monoisotopic (exact) mass is 346 g/mol. The summed E-state index contributed by atoms with van der Waals surface area (Å²) in [5.74, 6) is 0. The summed E-state index contributed by atoms with van der Waals surface area (Å²) in [5, 5.41) is 14.1. The molecule has 1 N–H and O–H groups in total. The summed E-state index contributed by atoms with van der Waals surface area (Å²) in [6, 6.07) is 5.19. The Kier molecular flexibility index (Phi) is 3.56. The largest absolute Gasteiger partial charge is 0.384 e. The molecule has 0 aliphatic heterocycles. The molecule has 0 amide bonds. The maximum absolute atomic E-state index is 10.7. The van der Waals surface area contributed by atoms with Crippen LogP contribution < -0.4 is 5.32 Å². The highest BCUT2D eigenvalue weighted by molar-refractivity contribution is 14.1. The molecule has 0 atom stereocenters. The van der Waals surface area contributed by atoms with Crippen molar-refractivity contribution in [2.75, 3.05) is 11.9 Å². The van der Waals surface area contributed by atoms with Gasteiger partial charge in [0, 0.05) is 18.3 Å². The van der Waals surface area contributed by atoms with Crippen LogP contribution in [0.2, 0.25) is 0 Å². The van der Waals surface area contributed by atoms with Crippen LogP contribution in [0.25, 0.3) is 0 Å². The normalized spacial score (nSPS) is 16.6. The number of nitro groups is 1. The molecule has 0 saturated heterocycles. The van der Waals surface area contributed by atoms with E-state index in [-0.39, 0.29) is 10.6 Å². The van der Waals surface area contributed by atoms with E-state index in [0.717, 1.165) is 12.2 Å². The fraction of sp³-hybridized carbons (Fsp3) is 0.500. The van der Waals surface area contributed by atoms with Gasteiger partial charge in [-0.25, -0.2) is 0 Å². The summed E-state index contributed by atoms with van der Waals surface area (Å²) in [5.41, 5.74) is 1.63. The Hall–Kier alpha value is -0.850. The van der Waals surface area contributed by atoms with Gasteiger partial charge in [-0.1, -0.05) is 6.92 Å². The molecule has 0 bridgehead atoms. The van der Waals surface area contributed by atoms with Gasteiger partial charge in [0.25, 0.3) is 5.69 Å². The van der Waals surface area contributed by atoms with Gasteiger partial charge in [0.1, 0.15) is 0 Å². The van der Waals surface area contributed by atoms with Crippen molar-refractivity contribution in [2.24, 2.45) is 5.41 Å². The number of hydrogen-bond donors (Lipinski definition) is 1. The summed E-state index contributed by atoms with van der Waals surface area (Å²) in [6.45, 7) is 3.19. The molecule has 1 saturated carbocycles. The van der Waals surface area contributed by atoms with Crippen molar-refractivity contribution >= 4 is 34.0 Å². The number of nitrogens with zero attached hydrogens (tertiary/aromatic N) is 1. The Morgan fingerprint density at radius 2 is 2.24 bits per heavy atom. The van der Waals surface area contributed by atoms with Crippen molar-refractivity contribution in [2.45, 2.75) is 26.2 Å². The lowest BCUT2D eigenvalue weighted by Crippen LogP contribution is -2.14. The summed E-state index contributed by atoms with van der Waals surface area (Å²) in [7, 11) is 0. The van der Waals surface area contributed by atoms with Gasteiger partial charge in [0.05, 0.1) is 8.49 Å². The summed E-state index contributed by atoms with van der Waals surface area (Å²) in [4.78, 5) is 10.3. The van der Waals surface area contributed by atoms with Crippen LogP contribution in [0, 0.1) is 19.1 Å². The Bertz CT molecular complexity index is 444. The number of nitro benzene ring substituents is 1. The number of anilines is 1. The molecule has 0 heterocycles. The van der Waals surface area contributed by atoms with Crippen LogP contribution in [0.5, 0.6) is 0 Å². The maximum atomic E-state index is 10.7. The van der Waals surface area contributed by atoms with Gasteiger partial charge in [-0.2, -0.15) is 0 Å². The quantitative estimate of drug-likeness (QED) is 0.501. The second kappa shape index (κ2) is 4.80. The van der Waals surface area contributed by atoms with Gasteiger partial charge >= 0.3 is 0 Å². The van der Waals surface area contributed by atoms with Crippen molar-refractivity contribution < 1.29 is 4.92 Å². The van der Waals surface area contributed by atoms with Crippen molar-refractivity contribution in [3.63, 3.8) is 0 Å². The van der Waals surface area contributed by atoms with Crippen molar-refractivity contribution in [1.82, 2.24) is 0 Å². The van der Waals surface area contributed by atoms with Crippen LogP contribution in [0.1, 0.15) is 26.2 Å². The van der Waals surface area contributed by atoms with E-state index in [2.05, 4.69) is 12.2 Å². The summed E-state index contributed by atoms with van der Waals surface area (Å²) >= 11 is 2.01. The van der Waals surface area contributed by atoms with Crippen LogP contribution in [-0.2, 0) is 0 Å². The van der Waals surface area contributed by atoms with E-state index >= 15 is 0 Å². The summed E-state index contributed by atoms with van der Waals surface area (Å²) in [6.07, 6.45) is 3.78. The molecule has 0 radical (unpaired) electrons. The van der Waals surface area contributed by atoms with Gasteiger partial charge < -0.3 is 5.32 Å². The molecule has 1 aliphatic carbocycles. The molecule has 17 heavy (non-hydrogen) atoms. The Labute approximate surface area is 114 Å². The second-order valence-corrected chi connectivity index (χ2v) is 5.79. The smallest absolute Gasteiger partial charge is 0.282 e. The fourth-order valence-electron chi connectivity index (χ4n) is 1.89. The van der Waals surface area contributed by atoms with Crippen LogP contribution in [0.4, 0.5) is 11.4 Å². The standard InChI is InChI=1S/C12H15IN2O2/c1-2-12(5-6-12)8-14-9-3-4-11(15(16)17)10(13)7-9/h3-4,7,14H,2,5-6,8H2,1H3. The predicted octanol–water partition coefficient (Wildman–Crippen LogP) is 3.80. The highest BCUT2D eigenvalue weighted by Gasteiger charge is 2.40. The van der Waals surface area contributed by atoms with Crippen LogP contribution in [0.15, 0.2) is 18.2 Å². The number of benzene rings is 1. The average molecular weight is 346 g/mol. The fourth-order valence-corrected chi connectivity index (χ4v) is 2.60. The number of nitrogens with one attached hydrogen (secondary N) is 1. The molecule has 92 valence electrons.